The average molecular weight is 278 g/mol. The minimum absolute atomic E-state index is 0.558. The van der Waals surface area contributed by atoms with Crippen molar-refractivity contribution in [2.75, 3.05) is 17.2 Å². The highest BCUT2D eigenvalue weighted by Gasteiger charge is 2.14. The summed E-state index contributed by atoms with van der Waals surface area (Å²) in [6, 6.07) is 8.65. The summed E-state index contributed by atoms with van der Waals surface area (Å²) < 4.78 is 0. The Labute approximate surface area is 121 Å². The first-order valence-electron chi connectivity index (χ1n) is 6.33. The van der Waals surface area contributed by atoms with E-state index >= 15 is 0 Å². The van der Waals surface area contributed by atoms with Gasteiger partial charge in [0.2, 0.25) is 0 Å². The van der Waals surface area contributed by atoms with E-state index in [0.29, 0.717) is 39.7 Å². The summed E-state index contributed by atoms with van der Waals surface area (Å²) in [5.74, 6) is 0. The molecular formula is C15H14N6. The Bertz CT molecular complexity index is 800. The molecule has 6 N–H and O–H groups in total. The third-order valence-corrected chi connectivity index (χ3v) is 3.05. The van der Waals surface area contributed by atoms with Crippen LogP contribution >= 0.6 is 0 Å². The smallest absolute Gasteiger partial charge is 0.100 e. The summed E-state index contributed by atoms with van der Waals surface area (Å²) in [6.07, 6.45) is 4.89. The number of nitrogens with two attached hydrogens (primary N) is 3. The Morgan fingerprint density at radius 3 is 1.90 bits per heavy atom. The van der Waals surface area contributed by atoms with Gasteiger partial charge < -0.3 is 17.2 Å². The lowest BCUT2D eigenvalue weighted by atomic mass is 10.0. The summed E-state index contributed by atoms with van der Waals surface area (Å²) in [5.41, 5.74) is 22.1. The standard InChI is InChI=1S/C15H14N6/c16-9-1-4-19-12(7-9)14-11(18)3-6-21-15(14)13-8-10(17)2-5-20-13/h1-8H,(H2,16,19)(H2,17,20)(H2,18,21). The zero-order chi connectivity index (χ0) is 14.8. The molecule has 0 unspecified atom stereocenters. The van der Waals surface area contributed by atoms with E-state index in [1.54, 1.807) is 48.9 Å². The van der Waals surface area contributed by atoms with E-state index < -0.39 is 0 Å². The van der Waals surface area contributed by atoms with Crippen LogP contribution in [0.5, 0.6) is 0 Å². The highest BCUT2D eigenvalue weighted by Crippen LogP contribution is 2.33. The molecule has 104 valence electrons. The summed E-state index contributed by atoms with van der Waals surface area (Å²) in [7, 11) is 0. The quantitative estimate of drug-likeness (QED) is 0.659. The molecule has 0 saturated carbocycles. The Morgan fingerprint density at radius 2 is 1.24 bits per heavy atom. The molecule has 0 atom stereocenters. The number of pyridine rings is 3. The van der Waals surface area contributed by atoms with Crippen LogP contribution in [0, 0.1) is 0 Å². The van der Waals surface area contributed by atoms with Crippen LogP contribution in [-0.2, 0) is 0 Å². The minimum atomic E-state index is 0.558. The van der Waals surface area contributed by atoms with Crippen LogP contribution < -0.4 is 17.2 Å². The van der Waals surface area contributed by atoms with Gasteiger partial charge in [-0.05, 0) is 30.3 Å². The van der Waals surface area contributed by atoms with E-state index in [1.165, 1.54) is 0 Å². The normalized spacial score (nSPS) is 10.5. The van der Waals surface area contributed by atoms with Crippen molar-refractivity contribution in [3.05, 3.63) is 48.9 Å². The molecule has 0 spiro atoms. The zero-order valence-electron chi connectivity index (χ0n) is 11.2. The van der Waals surface area contributed by atoms with Crippen LogP contribution in [0.15, 0.2) is 48.9 Å². The molecule has 6 nitrogen and oxygen atoms in total. The second-order valence-electron chi connectivity index (χ2n) is 4.57. The number of aromatic nitrogens is 3. The van der Waals surface area contributed by atoms with Crippen molar-refractivity contribution in [2.24, 2.45) is 0 Å². The maximum atomic E-state index is 6.10. The van der Waals surface area contributed by atoms with E-state index in [-0.39, 0.29) is 0 Å². The SMILES string of the molecule is Nc1ccnc(-c2nccc(N)c2-c2cc(N)ccn2)c1. The first-order chi connectivity index (χ1) is 10.1. The third-order valence-electron chi connectivity index (χ3n) is 3.05. The lowest BCUT2D eigenvalue weighted by Crippen LogP contribution is -1.99. The van der Waals surface area contributed by atoms with Gasteiger partial charge in [-0.2, -0.15) is 0 Å². The van der Waals surface area contributed by atoms with Gasteiger partial charge in [0.25, 0.3) is 0 Å². The van der Waals surface area contributed by atoms with Crippen molar-refractivity contribution in [3.8, 4) is 22.6 Å². The van der Waals surface area contributed by atoms with Gasteiger partial charge in [-0.15, -0.1) is 0 Å². The van der Waals surface area contributed by atoms with Crippen LogP contribution in [0.4, 0.5) is 17.1 Å². The molecule has 0 aliphatic rings. The van der Waals surface area contributed by atoms with Gasteiger partial charge in [-0.25, -0.2) is 0 Å². The predicted octanol–water partition coefficient (Wildman–Crippen LogP) is 1.95. The maximum absolute atomic E-state index is 6.10. The fourth-order valence-electron chi connectivity index (χ4n) is 2.10. The lowest BCUT2D eigenvalue weighted by Gasteiger charge is -2.11. The fourth-order valence-corrected chi connectivity index (χ4v) is 2.10. The van der Waals surface area contributed by atoms with Gasteiger partial charge in [0.15, 0.2) is 0 Å². The number of rotatable bonds is 2. The molecule has 0 fully saturated rings. The Hall–Kier alpha value is -3.15. The van der Waals surface area contributed by atoms with Crippen molar-refractivity contribution in [1.29, 1.82) is 0 Å². The summed E-state index contributed by atoms with van der Waals surface area (Å²) in [6.45, 7) is 0. The molecule has 0 radical (unpaired) electrons. The molecule has 3 aromatic heterocycles. The second-order valence-corrected chi connectivity index (χ2v) is 4.57. The van der Waals surface area contributed by atoms with Gasteiger partial charge in [-0.1, -0.05) is 0 Å². The fraction of sp³-hybridized carbons (Fsp3) is 0. The van der Waals surface area contributed by atoms with Crippen LogP contribution in [0.25, 0.3) is 22.6 Å². The monoisotopic (exact) mass is 278 g/mol. The summed E-state index contributed by atoms with van der Waals surface area (Å²) in [4.78, 5) is 13.0. The van der Waals surface area contributed by atoms with E-state index in [4.69, 9.17) is 17.2 Å². The van der Waals surface area contributed by atoms with Crippen molar-refractivity contribution in [1.82, 2.24) is 15.0 Å². The molecule has 6 heteroatoms. The predicted molar refractivity (Wildman–Crippen MR) is 83.9 cm³/mol. The van der Waals surface area contributed by atoms with E-state index in [0.717, 1.165) is 0 Å². The van der Waals surface area contributed by atoms with Crippen LogP contribution in [-0.4, -0.2) is 15.0 Å². The first-order valence-corrected chi connectivity index (χ1v) is 6.33. The Kier molecular flexibility index (Phi) is 3.12. The van der Waals surface area contributed by atoms with Gasteiger partial charge in [0, 0.05) is 35.7 Å². The molecular weight excluding hydrogens is 264 g/mol. The molecule has 0 aliphatic carbocycles. The number of hydrogen-bond acceptors (Lipinski definition) is 6. The number of nitrogens with zero attached hydrogens (tertiary/aromatic N) is 3. The Morgan fingerprint density at radius 1 is 0.667 bits per heavy atom. The van der Waals surface area contributed by atoms with Gasteiger partial charge in [0.1, 0.15) is 5.69 Å². The van der Waals surface area contributed by atoms with Crippen LogP contribution in [0.3, 0.4) is 0 Å². The molecule has 0 amide bonds. The minimum Gasteiger partial charge on any atom is -0.399 e. The van der Waals surface area contributed by atoms with Gasteiger partial charge in [-0.3, -0.25) is 15.0 Å². The van der Waals surface area contributed by atoms with E-state index in [2.05, 4.69) is 15.0 Å². The van der Waals surface area contributed by atoms with E-state index in [9.17, 15) is 0 Å². The number of anilines is 3. The highest BCUT2D eigenvalue weighted by molar-refractivity contribution is 5.87. The first kappa shape index (κ1) is 12.9. The number of nitrogen functional groups attached to an aromatic ring is 3. The largest absolute Gasteiger partial charge is 0.399 e. The Balaban J connectivity index is 2.25. The molecule has 0 aliphatic heterocycles. The molecule has 0 aromatic carbocycles. The lowest BCUT2D eigenvalue weighted by molar-refractivity contribution is 1.23. The van der Waals surface area contributed by atoms with E-state index in [1.807, 2.05) is 0 Å². The molecule has 21 heavy (non-hydrogen) atoms. The maximum Gasteiger partial charge on any atom is 0.100 e. The van der Waals surface area contributed by atoms with Crippen molar-refractivity contribution in [3.63, 3.8) is 0 Å². The zero-order valence-corrected chi connectivity index (χ0v) is 11.2. The van der Waals surface area contributed by atoms with Crippen LogP contribution in [0.2, 0.25) is 0 Å². The average Bonchev–Trinajstić information content (AvgIpc) is 2.47. The highest BCUT2D eigenvalue weighted by atomic mass is 14.8. The van der Waals surface area contributed by atoms with Gasteiger partial charge >= 0.3 is 0 Å². The molecule has 3 heterocycles. The second kappa shape index (κ2) is 5.09. The molecule has 3 rings (SSSR count). The number of hydrogen-bond donors (Lipinski definition) is 3. The topological polar surface area (TPSA) is 117 Å². The van der Waals surface area contributed by atoms with Gasteiger partial charge in [0.05, 0.1) is 17.0 Å². The summed E-state index contributed by atoms with van der Waals surface area (Å²) >= 11 is 0. The molecule has 0 bridgehead atoms. The molecule has 0 saturated heterocycles. The molecule has 3 aromatic rings. The summed E-state index contributed by atoms with van der Waals surface area (Å²) in [5, 5.41) is 0. The van der Waals surface area contributed by atoms with Crippen molar-refractivity contribution >= 4 is 17.1 Å². The van der Waals surface area contributed by atoms with Crippen molar-refractivity contribution in [2.45, 2.75) is 0 Å². The third kappa shape index (κ3) is 2.46. The van der Waals surface area contributed by atoms with Crippen molar-refractivity contribution < 1.29 is 0 Å². The van der Waals surface area contributed by atoms with Crippen LogP contribution in [0.1, 0.15) is 0 Å².